The van der Waals surface area contributed by atoms with Crippen LogP contribution in [0.1, 0.15) is 224 Å². The van der Waals surface area contributed by atoms with Crippen LogP contribution in [-0.2, 0) is 28.8 Å². The van der Waals surface area contributed by atoms with Crippen LogP contribution in [0.3, 0.4) is 0 Å². The third kappa shape index (κ3) is 16.5. The van der Waals surface area contributed by atoms with Gasteiger partial charge >= 0.3 is 0 Å². The number of carbonyl (C=O) groups excluding carboxylic acids is 6. The van der Waals surface area contributed by atoms with Gasteiger partial charge in [-0.2, -0.15) is 0 Å². The van der Waals surface area contributed by atoms with Gasteiger partial charge in [-0.05, 0) is 202 Å². The lowest BCUT2D eigenvalue weighted by Gasteiger charge is -2.56. The molecular formula is C82H116N24O11. The molecule has 12 aliphatic heterocycles. The molecule has 6 amide bonds. The zero-order valence-electron chi connectivity index (χ0n) is 68.9. The molecule has 0 saturated carbocycles. The Bertz CT molecular complexity index is 4300. The highest BCUT2D eigenvalue weighted by Gasteiger charge is 2.65. The largest absolute Gasteiger partial charge is 0.391 e. The van der Waals surface area contributed by atoms with Crippen LogP contribution in [0.25, 0.3) is 0 Å². The molecule has 0 aliphatic carbocycles. The van der Waals surface area contributed by atoms with Crippen molar-refractivity contribution in [3.63, 3.8) is 0 Å². The van der Waals surface area contributed by atoms with Crippen LogP contribution < -0.4 is 36.8 Å². The van der Waals surface area contributed by atoms with E-state index in [1.807, 2.05) is 19.9 Å². The normalized spacial score (nSPS) is 31.0. The number of anilines is 1. The van der Waals surface area contributed by atoms with E-state index in [2.05, 4.69) is 119 Å². The third-order valence-electron chi connectivity index (χ3n) is 25.4. The average molecular weight is 1610 g/mol. The summed E-state index contributed by atoms with van der Waals surface area (Å²) >= 11 is 0. The highest BCUT2D eigenvalue weighted by molar-refractivity contribution is 6.07. The number of aliphatic hydroxyl groups excluding tert-OH is 5. The number of amides is 6. The van der Waals surface area contributed by atoms with Gasteiger partial charge in [-0.1, -0.05) is 13.8 Å². The van der Waals surface area contributed by atoms with E-state index in [1.165, 1.54) is 0 Å². The summed E-state index contributed by atoms with van der Waals surface area (Å²) in [4.78, 5) is 136. The molecule has 6 aromatic heterocycles. The van der Waals surface area contributed by atoms with E-state index in [0.29, 0.717) is 60.8 Å². The Labute approximate surface area is 682 Å². The molecule has 117 heavy (non-hydrogen) atoms. The molecular weight excluding hydrogens is 1500 g/mol. The number of likely N-dealkylation sites (tertiary alicyclic amines) is 5. The summed E-state index contributed by atoms with van der Waals surface area (Å²) in [6.45, 7) is 26.9. The smallest absolute Gasteiger partial charge is 0.250 e. The summed E-state index contributed by atoms with van der Waals surface area (Å²) < 4.78 is 0. The standard InChI is InChI=1S/C15H22N4O2.2C14H20N4O2.2C13H18N4O2.C13H18N4O/c1-9-5-6-15(18-9)11(3)19(14(15)21)12(10(2)20)13-16-7-4-8-17-13;1-9-4-5-14(17-9)8-18(13(14)20)11(10(2)19)12-15-6-3-7-16-12;1-9(19)11(12-15-6-4-7-16-12)18-10(2)14(13(18)20)5-3-8-17-14;2*1-9(18)10(11-14-5-3-6-15-11)17-8-13(12(17)19)4-2-7-16-13;1-9(2)11-14-7-4-10(16-11)17-8-13(12(17)18)5-3-6-15-13/h4,7-12,18,20H,5-6H2,1-3H3;3,6-7,9-11,17,19H,4-5,8H2,1-2H3;4,6-7,9-11,17,19H,3,5,8H2,1-2H3;2*3,5-6,9-10,16,18H,2,4,7-8H2,1H3;4,7,9,15H,3,5-6,8H2,1-2H3/t9?,10-,11?,12?,15?;9?,10-,11?,14?;9-,10?,11?,14?;9-,10?,13?;;/m1111../s1. The molecule has 35 heteroatoms. The molecule has 11 N–H and O–H groups in total. The van der Waals surface area contributed by atoms with E-state index in [0.717, 1.165) is 121 Å². The molecule has 0 aromatic carbocycles. The maximum atomic E-state index is 12.8. The minimum Gasteiger partial charge on any atom is -0.391 e. The first-order valence-electron chi connectivity index (χ1n) is 41.5. The van der Waals surface area contributed by atoms with Gasteiger partial charge in [0.15, 0.2) is 29.1 Å². The third-order valence-corrected chi connectivity index (χ3v) is 25.4. The van der Waals surface area contributed by atoms with Gasteiger partial charge in [-0.15, -0.1) is 0 Å². The number of nitrogens with one attached hydrogen (secondary N) is 6. The molecule has 0 bridgehead atoms. The van der Waals surface area contributed by atoms with Crippen molar-refractivity contribution in [3.05, 3.63) is 140 Å². The topological polar surface area (TPSA) is 450 Å². The van der Waals surface area contributed by atoms with E-state index < -0.39 is 77.3 Å². The van der Waals surface area contributed by atoms with Gasteiger partial charge in [0.2, 0.25) is 35.4 Å². The number of hydrogen-bond acceptors (Lipinski definition) is 29. The van der Waals surface area contributed by atoms with Gasteiger partial charge in [0.05, 0.1) is 49.1 Å². The number of carbonyl (C=O) groups is 6. The highest BCUT2D eigenvalue weighted by Crippen LogP contribution is 2.47. The lowest BCUT2D eigenvalue weighted by Crippen LogP contribution is -2.78. The average Bonchev–Trinajstić information content (AvgIpc) is 1.68. The molecule has 35 nitrogen and oxygen atoms in total. The van der Waals surface area contributed by atoms with Crippen LogP contribution >= 0.6 is 0 Å². The van der Waals surface area contributed by atoms with E-state index in [1.54, 1.807) is 163 Å². The van der Waals surface area contributed by atoms with Gasteiger partial charge < -0.3 is 71.3 Å². The maximum Gasteiger partial charge on any atom is 0.250 e. The minimum absolute atomic E-state index is 0.0263. The summed E-state index contributed by atoms with van der Waals surface area (Å²) in [5, 5.41) is 70.1. The number of nitrogens with zero attached hydrogens (tertiary/aromatic N) is 18. The van der Waals surface area contributed by atoms with Crippen LogP contribution in [0.15, 0.2) is 105 Å². The monoisotopic (exact) mass is 1610 g/mol. The van der Waals surface area contributed by atoms with Crippen molar-refractivity contribution < 1.29 is 54.3 Å². The molecule has 0 radical (unpaired) electrons. The van der Waals surface area contributed by atoms with Crippen LogP contribution in [0, 0.1) is 0 Å². The summed E-state index contributed by atoms with van der Waals surface area (Å²) in [6, 6.07) is 8.89. The Morgan fingerprint density at radius 3 is 0.966 bits per heavy atom. The quantitative estimate of drug-likeness (QED) is 0.0581. The van der Waals surface area contributed by atoms with Crippen molar-refractivity contribution in [2.45, 2.75) is 277 Å². The van der Waals surface area contributed by atoms with E-state index in [-0.39, 0.29) is 70.1 Å². The predicted octanol–water partition coefficient (Wildman–Crippen LogP) is 1.94. The summed E-state index contributed by atoms with van der Waals surface area (Å²) in [7, 11) is 0. The Morgan fingerprint density at radius 2 is 0.675 bits per heavy atom. The first-order chi connectivity index (χ1) is 56.0. The number of β-lactam (4-membered cyclic amide) rings is 6. The lowest BCUT2D eigenvalue weighted by atomic mass is 9.76. The second kappa shape index (κ2) is 35.4. The highest BCUT2D eigenvalue weighted by atomic mass is 16.3. The fraction of sp³-hybridized carbons (Fsp3) is 0.634. The van der Waals surface area contributed by atoms with Crippen molar-refractivity contribution in [2.24, 2.45) is 0 Å². The van der Waals surface area contributed by atoms with Gasteiger partial charge in [0.25, 0.3) is 0 Å². The molecule has 6 aromatic rings. The number of hydrogen-bond donors (Lipinski definition) is 11. The zero-order valence-corrected chi connectivity index (χ0v) is 68.9. The van der Waals surface area contributed by atoms with Crippen molar-refractivity contribution >= 4 is 41.3 Å². The van der Waals surface area contributed by atoms with Gasteiger partial charge in [-0.25, -0.2) is 59.8 Å². The SMILES string of the molecule is CC(C)c1nccc(N2CC3(CCCN3)C2=O)n1.CC(O)C(c1ncccn1)N1CC2(CCCN2)C1=O.CC1CCC2(CN(C(c3ncccn3)[C@@H](C)O)C2=O)N1.CC1CCC2(N1)C(=O)N(C(c1ncccn1)[C@@H](C)O)C2C.CC1N(C(c2ncccn2)[C@@H](C)O)C(=O)C12CCCN2.C[C@@H](O)C(c1ncccn1)N1CC2(CCCN2)C1=O. The summed E-state index contributed by atoms with van der Waals surface area (Å²) in [5.74, 6) is 4.73. The maximum absolute atomic E-state index is 12.8. The van der Waals surface area contributed by atoms with Crippen LogP contribution in [0.2, 0.25) is 0 Å². The van der Waals surface area contributed by atoms with E-state index in [9.17, 15) is 54.3 Å². The fourth-order valence-electron chi connectivity index (χ4n) is 19.2. The lowest BCUT2D eigenvalue weighted by molar-refractivity contribution is -0.171. The van der Waals surface area contributed by atoms with Crippen LogP contribution in [-0.4, -0.2) is 286 Å². The van der Waals surface area contributed by atoms with Crippen molar-refractivity contribution in [1.82, 2.24) is 116 Å². The Morgan fingerprint density at radius 1 is 0.350 bits per heavy atom. The predicted molar refractivity (Wildman–Crippen MR) is 427 cm³/mol. The Kier molecular flexibility index (Phi) is 26.0. The Hall–Kier alpha value is -9.14. The molecule has 12 fully saturated rings. The van der Waals surface area contributed by atoms with Crippen molar-refractivity contribution in [3.8, 4) is 0 Å². The number of rotatable bonds is 17. The first kappa shape index (κ1) is 85.7. The van der Waals surface area contributed by atoms with E-state index >= 15 is 0 Å². The van der Waals surface area contributed by atoms with Crippen molar-refractivity contribution in [2.75, 3.05) is 57.3 Å². The minimum atomic E-state index is -0.713. The number of aliphatic hydroxyl groups is 5. The molecule has 630 valence electrons. The van der Waals surface area contributed by atoms with Crippen LogP contribution in [0.4, 0.5) is 5.82 Å². The fourth-order valence-corrected chi connectivity index (χ4v) is 19.2. The Balaban J connectivity index is 0.000000122. The van der Waals surface area contributed by atoms with Gasteiger partial charge in [-0.3, -0.25) is 44.3 Å². The molecule has 20 atom stereocenters. The molecule has 12 aliphatic rings. The molecule has 6 spiro atoms. The molecule has 18 rings (SSSR count). The summed E-state index contributed by atoms with van der Waals surface area (Å²) in [5.41, 5.74) is -2.36. The summed E-state index contributed by atoms with van der Waals surface area (Å²) in [6.07, 6.45) is 26.0. The van der Waals surface area contributed by atoms with Crippen molar-refractivity contribution in [1.29, 1.82) is 0 Å². The van der Waals surface area contributed by atoms with Crippen LogP contribution in [0.5, 0.6) is 0 Å². The zero-order chi connectivity index (χ0) is 83.5. The van der Waals surface area contributed by atoms with Gasteiger partial charge in [0, 0.05) is 106 Å². The first-order valence-corrected chi connectivity index (χ1v) is 41.5. The molecule has 16 unspecified atom stereocenters. The number of aromatic nitrogens is 12. The van der Waals surface area contributed by atoms with Gasteiger partial charge in [0.1, 0.15) is 75.1 Å². The molecule has 12 saturated heterocycles. The molecule has 18 heterocycles. The second-order valence-corrected chi connectivity index (χ2v) is 33.9. The van der Waals surface area contributed by atoms with E-state index in [4.69, 9.17) is 0 Å². The second-order valence-electron chi connectivity index (χ2n) is 33.9.